The van der Waals surface area contributed by atoms with Gasteiger partial charge in [-0.05, 0) is 58.4 Å². The standard InChI is InChI=1S/C27H30O5/c1-24(2)13-26(18-9-14(28)5-7-16(18)24)19-10-15(29)6-8-17(19)25(3,4)27(26)22-20(31-22)11-30-12-21-23(27)32-21/h5-10,20-23,28-29H,11-13H2,1-4H3. The molecule has 0 aromatic heterocycles. The van der Waals surface area contributed by atoms with E-state index in [0.717, 1.165) is 17.5 Å². The molecule has 7 rings (SSSR count). The molecule has 5 heteroatoms. The zero-order valence-corrected chi connectivity index (χ0v) is 19.0. The number of aromatic hydroxyl groups is 2. The third kappa shape index (κ3) is 1.95. The molecule has 3 saturated heterocycles. The summed E-state index contributed by atoms with van der Waals surface area (Å²) in [4.78, 5) is 0. The highest BCUT2D eigenvalue weighted by atomic mass is 16.7. The predicted molar refractivity (Wildman–Crippen MR) is 118 cm³/mol. The number of ether oxygens (including phenoxy) is 3. The maximum atomic E-state index is 10.7. The van der Waals surface area contributed by atoms with Crippen LogP contribution >= 0.6 is 0 Å². The molecule has 2 aliphatic carbocycles. The van der Waals surface area contributed by atoms with E-state index < -0.39 is 5.41 Å². The number of hydrogen-bond acceptors (Lipinski definition) is 5. The lowest BCUT2D eigenvalue weighted by atomic mass is 9.49. The molecular weight excluding hydrogens is 404 g/mol. The van der Waals surface area contributed by atoms with Crippen LogP contribution in [0.3, 0.4) is 0 Å². The molecule has 32 heavy (non-hydrogen) atoms. The molecule has 5 nitrogen and oxygen atoms in total. The highest BCUT2D eigenvalue weighted by Crippen LogP contribution is 2.78. The van der Waals surface area contributed by atoms with Crippen LogP contribution in [0.5, 0.6) is 11.5 Å². The van der Waals surface area contributed by atoms with E-state index in [0.29, 0.717) is 13.2 Å². The fourth-order valence-electron chi connectivity index (χ4n) is 8.35. The highest BCUT2D eigenvalue weighted by molar-refractivity contribution is 5.66. The van der Waals surface area contributed by atoms with Gasteiger partial charge in [0.15, 0.2) is 0 Å². The van der Waals surface area contributed by atoms with E-state index in [4.69, 9.17) is 14.2 Å². The summed E-state index contributed by atoms with van der Waals surface area (Å²) in [6.45, 7) is 10.4. The molecule has 5 atom stereocenters. The number of hydrogen-bond donors (Lipinski definition) is 2. The number of benzene rings is 2. The van der Waals surface area contributed by atoms with Crippen LogP contribution < -0.4 is 0 Å². The second kappa shape index (κ2) is 5.52. The first-order chi connectivity index (χ1) is 15.1. The minimum atomic E-state index is -0.446. The number of phenolic OH excluding ortho intramolecular Hbond substituents is 2. The number of fused-ring (bicyclic) bond motifs is 9. The van der Waals surface area contributed by atoms with Gasteiger partial charge in [0.05, 0.1) is 30.8 Å². The minimum absolute atomic E-state index is 0.00792. The normalized spacial score (nSPS) is 41.4. The van der Waals surface area contributed by atoms with Gasteiger partial charge in [-0.2, -0.15) is 0 Å². The van der Waals surface area contributed by atoms with Gasteiger partial charge >= 0.3 is 0 Å². The maximum absolute atomic E-state index is 10.7. The summed E-state index contributed by atoms with van der Waals surface area (Å²) >= 11 is 0. The average Bonchev–Trinajstić information content (AvgIpc) is 3.62. The molecule has 5 aliphatic rings. The van der Waals surface area contributed by atoms with Crippen molar-refractivity contribution in [2.24, 2.45) is 5.41 Å². The number of epoxide rings is 2. The molecule has 2 spiro atoms. The summed E-state index contributed by atoms with van der Waals surface area (Å²) < 4.78 is 18.8. The van der Waals surface area contributed by atoms with E-state index in [9.17, 15) is 10.2 Å². The van der Waals surface area contributed by atoms with Crippen LogP contribution in [0.2, 0.25) is 0 Å². The Labute approximate surface area is 188 Å². The molecule has 3 fully saturated rings. The second-order valence-corrected chi connectivity index (χ2v) is 11.6. The quantitative estimate of drug-likeness (QED) is 0.615. The Morgan fingerprint density at radius 2 is 1.28 bits per heavy atom. The molecule has 0 saturated carbocycles. The Kier molecular flexibility index (Phi) is 3.34. The summed E-state index contributed by atoms with van der Waals surface area (Å²) in [5.41, 5.74) is 3.63. The van der Waals surface area contributed by atoms with Crippen LogP contribution in [0.15, 0.2) is 36.4 Å². The lowest BCUT2D eigenvalue weighted by molar-refractivity contribution is 0.00444. The zero-order chi connectivity index (χ0) is 22.3. The van der Waals surface area contributed by atoms with E-state index in [1.807, 2.05) is 12.1 Å². The average molecular weight is 435 g/mol. The van der Waals surface area contributed by atoms with Gasteiger partial charge in [0.2, 0.25) is 0 Å². The van der Waals surface area contributed by atoms with Crippen molar-refractivity contribution in [1.82, 2.24) is 0 Å². The topological polar surface area (TPSA) is 74.8 Å². The summed E-state index contributed by atoms with van der Waals surface area (Å²) in [5, 5.41) is 21.3. The molecule has 2 aromatic rings. The third-order valence-electron chi connectivity index (χ3n) is 9.40. The van der Waals surface area contributed by atoms with Crippen molar-refractivity contribution in [3.05, 3.63) is 58.7 Å². The van der Waals surface area contributed by atoms with Crippen molar-refractivity contribution in [1.29, 1.82) is 0 Å². The van der Waals surface area contributed by atoms with Gasteiger partial charge in [-0.15, -0.1) is 0 Å². The molecule has 0 bridgehead atoms. The third-order valence-corrected chi connectivity index (χ3v) is 9.40. The highest BCUT2D eigenvalue weighted by Gasteiger charge is 2.83. The van der Waals surface area contributed by atoms with Gasteiger partial charge in [0.1, 0.15) is 23.7 Å². The summed E-state index contributed by atoms with van der Waals surface area (Å²) in [5.74, 6) is 0.552. The fraction of sp³-hybridized carbons (Fsp3) is 0.556. The van der Waals surface area contributed by atoms with Gasteiger partial charge in [-0.1, -0.05) is 39.8 Å². The smallest absolute Gasteiger partial charge is 0.115 e. The molecule has 5 unspecified atom stereocenters. The van der Waals surface area contributed by atoms with E-state index >= 15 is 0 Å². The minimum Gasteiger partial charge on any atom is -0.508 e. The van der Waals surface area contributed by atoms with Crippen LogP contribution in [0.1, 0.15) is 56.4 Å². The van der Waals surface area contributed by atoms with Crippen molar-refractivity contribution >= 4 is 0 Å². The van der Waals surface area contributed by atoms with Crippen molar-refractivity contribution in [2.45, 2.75) is 74.8 Å². The Morgan fingerprint density at radius 1 is 0.750 bits per heavy atom. The van der Waals surface area contributed by atoms with Crippen molar-refractivity contribution in [2.75, 3.05) is 13.2 Å². The molecule has 3 heterocycles. The van der Waals surface area contributed by atoms with Crippen molar-refractivity contribution < 1.29 is 24.4 Å². The molecule has 3 aliphatic heterocycles. The van der Waals surface area contributed by atoms with Gasteiger partial charge in [0, 0.05) is 10.8 Å². The fourth-order valence-corrected chi connectivity index (χ4v) is 8.35. The van der Waals surface area contributed by atoms with Gasteiger partial charge in [-0.3, -0.25) is 0 Å². The van der Waals surface area contributed by atoms with Crippen LogP contribution in [0.4, 0.5) is 0 Å². The van der Waals surface area contributed by atoms with E-state index in [2.05, 4.69) is 39.8 Å². The molecule has 0 amide bonds. The van der Waals surface area contributed by atoms with Gasteiger partial charge in [-0.25, -0.2) is 0 Å². The maximum Gasteiger partial charge on any atom is 0.115 e. The first kappa shape index (κ1) is 19.4. The van der Waals surface area contributed by atoms with Gasteiger partial charge in [0.25, 0.3) is 0 Å². The largest absolute Gasteiger partial charge is 0.508 e. The Balaban J connectivity index is 1.63. The van der Waals surface area contributed by atoms with Crippen LogP contribution in [0, 0.1) is 5.41 Å². The lowest BCUT2D eigenvalue weighted by Crippen LogP contribution is -2.59. The molecule has 168 valence electrons. The Bertz CT molecular complexity index is 1130. The Hall–Kier alpha value is -2.08. The zero-order valence-electron chi connectivity index (χ0n) is 19.0. The Morgan fingerprint density at radius 3 is 1.88 bits per heavy atom. The monoisotopic (exact) mass is 434 g/mol. The van der Waals surface area contributed by atoms with E-state index in [-0.39, 0.29) is 52.2 Å². The molecule has 2 N–H and O–H groups in total. The van der Waals surface area contributed by atoms with Crippen LogP contribution in [-0.2, 0) is 30.5 Å². The summed E-state index contributed by atoms with van der Waals surface area (Å²) in [6.07, 6.45) is 0.948. The summed E-state index contributed by atoms with van der Waals surface area (Å²) in [6, 6.07) is 11.7. The van der Waals surface area contributed by atoms with E-state index in [1.165, 1.54) is 11.1 Å². The second-order valence-electron chi connectivity index (χ2n) is 11.6. The molecule has 0 radical (unpaired) electrons. The van der Waals surface area contributed by atoms with Gasteiger partial charge < -0.3 is 24.4 Å². The number of rotatable bonds is 0. The summed E-state index contributed by atoms with van der Waals surface area (Å²) in [7, 11) is 0. The van der Waals surface area contributed by atoms with Crippen LogP contribution in [0.25, 0.3) is 0 Å². The first-order valence-electron chi connectivity index (χ1n) is 11.7. The molecular formula is C27H30O5. The predicted octanol–water partition coefficient (Wildman–Crippen LogP) is 3.91. The number of phenols is 2. The van der Waals surface area contributed by atoms with Crippen molar-refractivity contribution in [3.63, 3.8) is 0 Å². The SMILES string of the molecule is CC1(C)CC2(c3cc(O)ccc31)c1cc(O)ccc1C(C)(C)C21C2OC2COCC2OC21. The van der Waals surface area contributed by atoms with Crippen LogP contribution in [-0.4, -0.2) is 47.8 Å². The van der Waals surface area contributed by atoms with Crippen molar-refractivity contribution in [3.8, 4) is 11.5 Å². The lowest BCUT2D eigenvalue weighted by Gasteiger charge is -2.51. The first-order valence-corrected chi connectivity index (χ1v) is 11.7. The van der Waals surface area contributed by atoms with E-state index in [1.54, 1.807) is 12.1 Å². The molecule has 2 aromatic carbocycles.